The highest BCUT2D eigenvalue weighted by atomic mass is 19.1. The second kappa shape index (κ2) is 5.64. The fraction of sp³-hybridized carbons (Fsp3) is 0.308. The Morgan fingerprint density at radius 1 is 1.50 bits per heavy atom. The molecule has 0 spiro atoms. The predicted molar refractivity (Wildman–Crippen MR) is 66.8 cm³/mol. The molecule has 0 radical (unpaired) electrons. The first-order valence-corrected chi connectivity index (χ1v) is 5.76. The van der Waals surface area contributed by atoms with Crippen LogP contribution < -0.4 is 10.1 Å². The molecule has 0 aliphatic heterocycles. The van der Waals surface area contributed by atoms with E-state index >= 15 is 0 Å². The van der Waals surface area contributed by atoms with Gasteiger partial charge >= 0.3 is 0 Å². The van der Waals surface area contributed by atoms with Crippen LogP contribution in [0.4, 0.5) is 4.39 Å². The van der Waals surface area contributed by atoms with Crippen LogP contribution >= 0.6 is 0 Å². The maximum atomic E-state index is 13.8. The molecular weight excluding hydrogens is 233 g/mol. The lowest BCUT2D eigenvalue weighted by Gasteiger charge is -2.14. The van der Waals surface area contributed by atoms with Gasteiger partial charge in [0.15, 0.2) is 0 Å². The Bertz CT molecular complexity index is 499. The lowest BCUT2D eigenvalue weighted by atomic mass is 10.1. The molecule has 0 bridgehead atoms. The fourth-order valence-electron chi connectivity index (χ4n) is 1.74. The maximum Gasteiger partial charge on any atom is 0.131 e. The number of imidazole rings is 1. The largest absolute Gasteiger partial charge is 0.497 e. The minimum atomic E-state index is -0.270. The number of hydrogen-bond acceptors (Lipinski definition) is 3. The third-order valence-electron chi connectivity index (χ3n) is 2.80. The Morgan fingerprint density at radius 3 is 2.94 bits per heavy atom. The molecule has 0 aliphatic rings. The second-order valence-electron chi connectivity index (χ2n) is 4.03. The summed E-state index contributed by atoms with van der Waals surface area (Å²) in [6.45, 7) is 2.48. The van der Waals surface area contributed by atoms with Gasteiger partial charge < -0.3 is 15.0 Å². The first-order chi connectivity index (χ1) is 8.70. The van der Waals surface area contributed by atoms with Gasteiger partial charge in [0.25, 0.3) is 0 Å². The quantitative estimate of drug-likeness (QED) is 0.855. The molecule has 96 valence electrons. The minimum Gasteiger partial charge on any atom is -0.497 e. The second-order valence-corrected chi connectivity index (χ2v) is 4.03. The summed E-state index contributed by atoms with van der Waals surface area (Å²) < 4.78 is 18.8. The van der Waals surface area contributed by atoms with Gasteiger partial charge in [0.05, 0.1) is 13.7 Å². The fourth-order valence-corrected chi connectivity index (χ4v) is 1.74. The number of methoxy groups -OCH3 is 1. The Morgan fingerprint density at radius 2 is 2.33 bits per heavy atom. The molecule has 2 aromatic rings. The molecule has 0 fully saturated rings. The SMILES string of the molecule is COc1ccc(C(C)NCc2ncc[nH]2)c(F)c1. The number of H-pyrrole nitrogens is 1. The summed E-state index contributed by atoms with van der Waals surface area (Å²) in [6.07, 6.45) is 3.45. The van der Waals surface area contributed by atoms with Crippen LogP contribution in [0.2, 0.25) is 0 Å². The molecule has 5 heteroatoms. The van der Waals surface area contributed by atoms with Gasteiger partial charge in [-0.3, -0.25) is 0 Å². The highest BCUT2D eigenvalue weighted by Crippen LogP contribution is 2.21. The van der Waals surface area contributed by atoms with Crippen molar-refractivity contribution in [3.63, 3.8) is 0 Å². The number of benzene rings is 1. The molecule has 0 aliphatic carbocycles. The molecule has 4 nitrogen and oxygen atoms in total. The van der Waals surface area contributed by atoms with Gasteiger partial charge in [-0.25, -0.2) is 9.37 Å². The lowest BCUT2D eigenvalue weighted by Crippen LogP contribution is -2.19. The van der Waals surface area contributed by atoms with Gasteiger partial charge in [0, 0.05) is 30.1 Å². The molecule has 2 rings (SSSR count). The zero-order valence-electron chi connectivity index (χ0n) is 10.4. The van der Waals surface area contributed by atoms with Crippen molar-refractivity contribution >= 4 is 0 Å². The van der Waals surface area contributed by atoms with E-state index in [1.165, 1.54) is 13.2 Å². The van der Waals surface area contributed by atoms with Crippen molar-refractivity contribution in [2.24, 2.45) is 0 Å². The number of halogens is 1. The number of aromatic amines is 1. The zero-order chi connectivity index (χ0) is 13.0. The molecule has 0 amide bonds. The summed E-state index contributed by atoms with van der Waals surface area (Å²) in [6, 6.07) is 4.78. The van der Waals surface area contributed by atoms with Crippen LogP contribution in [-0.2, 0) is 6.54 Å². The molecule has 1 unspecified atom stereocenters. The van der Waals surface area contributed by atoms with Crippen LogP contribution in [0, 0.1) is 5.82 Å². The van der Waals surface area contributed by atoms with Crippen molar-refractivity contribution in [3.05, 3.63) is 47.8 Å². The standard InChI is InChI=1S/C13H16FN3O/c1-9(17-8-13-15-5-6-16-13)11-4-3-10(18-2)7-12(11)14/h3-7,9,17H,8H2,1-2H3,(H,15,16). The zero-order valence-corrected chi connectivity index (χ0v) is 10.4. The molecule has 0 saturated heterocycles. The normalized spacial score (nSPS) is 12.4. The monoisotopic (exact) mass is 249 g/mol. The van der Waals surface area contributed by atoms with E-state index < -0.39 is 0 Å². The summed E-state index contributed by atoms with van der Waals surface area (Å²) in [5.41, 5.74) is 0.613. The highest BCUT2D eigenvalue weighted by molar-refractivity contribution is 5.30. The molecule has 1 aromatic carbocycles. The third kappa shape index (κ3) is 2.87. The van der Waals surface area contributed by atoms with Gasteiger partial charge in [-0.05, 0) is 13.0 Å². The van der Waals surface area contributed by atoms with Crippen LogP contribution in [0.15, 0.2) is 30.6 Å². The van der Waals surface area contributed by atoms with E-state index in [9.17, 15) is 4.39 Å². The number of ether oxygens (including phenoxy) is 1. The number of hydrogen-bond donors (Lipinski definition) is 2. The van der Waals surface area contributed by atoms with E-state index in [4.69, 9.17) is 4.74 Å². The topological polar surface area (TPSA) is 49.9 Å². The van der Waals surface area contributed by atoms with E-state index in [2.05, 4.69) is 15.3 Å². The van der Waals surface area contributed by atoms with Gasteiger partial charge in [-0.1, -0.05) is 6.07 Å². The summed E-state index contributed by atoms with van der Waals surface area (Å²) in [7, 11) is 1.52. The summed E-state index contributed by atoms with van der Waals surface area (Å²) in [5.74, 6) is 1.08. The van der Waals surface area contributed by atoms with Crippen LogP contribution in [0.5, 0.6) is 5.75 Å². The first kappa shape index (κ1) is 12.6. The number of rotatable bonds is 5. The predicted octanol–water partition coefficient (Wildman–Crippen LogP) is 2.41. The van der Waals surface area contributed by atoms with Crippen molar-refractivity contribution in [2.75, 3.05) is 7.11 Å². The number of nitrogens with one attached hydrogen (secondary N) is 2. The van der Waals surface area contributed by atoms with Crippen LogP contribution in [0.25, 0.3) is 0 Å². The highest BCUT2D eigenvalue weighted by Gasteiger charge is 2.11. The third-order valence-corrected chi connectivity index (χ3v) is 2.80. The Hall–Kier alpha value is -1.88. The number of aromatic nitrogens is 2. The minimum absolute atomic E-state index is 0.0963. The van der Waals surface area contributed by atoms with E-state index in [0.717, 1.165) is 5.82 Å². The van der Waals surface area contributed by atoms with Gasteiger partial charge in [0.1, 0.15) is 17.4 Å². The Kier molecular flexibility index (Phi) is 3.94. The molecule has 0 saturated carbocycles. The van der Waals surface area contributed by atoms with Crippen molar-refractivity contribution in [3.8, 4) is 5.75 Å². The summed E-state index contributed by atoms with van der Waals surface area (Å²) >= 11 is 0. The molecular formula is C13H16FN3O. The average Bonchev–Trinajstić information content (AvgIpc) is 2.88. The lowest BCUT2D eigenvalue weighted by molar-refractivity contribution is 0.409. The van der Waals surface area contributed by atoms with Crippen LogP contribution in [0.1, 0.15) is 24.4 Å². The smallest absolute Gasteiger partial charge is 0.131 e. The van der Waals surface area contributed by atoms with Gasteiger partial charge in [-0.15, -0.1) is 0 Å². The Labute approximate surface area is 105 Å². The van der Waals surface area contributed by atoms with E-state index in [1.54, 1.807) is 24.5 Å². The molecule has 1 heterocycles. The van der Waals surface area contributed by atoms with Gasteiger partial charge in [-0.2, -0.15) is 0 Å². The summed E-state index contributed by atoms with van der Waals surface area (Å²) in [4.78, 5) is 7.09. The van der Waals surface area contributed by atoms with E-state index in [0.29, 0.717) is 17.9 Å². The number of nitrogens with zero attached hydrogens (tertiary/aromatic N) is 1. The molecule has 18 heavy (non-hydrogen) atoms. The molecule has 2 N–H and O–H groups in total. The maximum absolute atomic E-state index is 13.8. The van der Waals surface area contributed by atoms with Crippen molar-refractivity contribution in [2.45, 2.75) is 19.5 Å². The van der Waals surface area contributed by atoms with Crippen molar-refractivity contribution < 1.29 is 9.13 Å². The summed E-state index contributed by atoms with van der Waals surface area (Å²) in [5, 5.41) is 3.21. The van der Waals surface area contributed by atoms with Crippen molar-refractivity contribution in [1.29, 1.82) is 0 Å². The molecule has 1 atom stereocenters. The molecule has 1 aromatic heterocycles. The van der Waals surface area contributed by atoms with Gasteiger partial charge in [0.2, 0.25) is 0 Å². The van der Waals surface area contributed by atoms with E-state index in [1.807, 2.05) is 6.92 Å². The van der Waals surface area contributed by atoms with Crippen LogP contribution in [-0.4, -0.2) is 17.1 Å². The van der Waals surface area contributed by atoms with Crippen LogP contribution in [0.3, 0.4) is 0 Å². The van der Waals surface area contributed by atoms with Crippen molar-refractivity contribution in [1.82, 2.24) is 15.3 Å². The van der Waals surface area contributed by atoms with E-state index in [-0.39, 0.29) is 11.9 Å². The first-order valence-electron chi connectivity index (χ1n) is 5.76. The average molecular weight is 249 g/mol. The Balaban J connectivity index is 2.02.